The van der Waals surface area contributed by atoms with Crippen LogP contribution in [0.1, 0.15) is 43.7 Å². The molecule has 1 heterocycles. The lowest BCUT2D eigenvalue weighted by Crippen LogP contribution is -2.53. The third-order valence-electron chi connectivity index (χ3n) is 4.69. The largest absolute Gasteiger partial charge is 0.389 e. The summed E-state index contributed by atoms with van der Waals surface area (Å²) in [5.41, 5.74) is 0.535. The van der Waals surface area contributed by atoms with Crippen molar-refractivity contribution >= 4 is 15.9 Å². The van der Waals surface area contributed by atoms with Gasteiger partial charge in [0.1, 0.15) is 5.82 Å². The van der Waals surface area contributed by atoms with E-state index in [0.29, 0.717) is 4.47 Å². The van der Waals surface area contributed by atoms with Gasteiger partial charge in [-0.05, 0) is 59.4 Å². The van der Waals surface area contributed by atoms with Gasteiger partial charge < -0.3 is 10.4 Å². The van der Waals surface area contributed by atoms with Gasteiger partial charge in [0, 0.05) is 12.0 Å². The van der Waals surface area contributed by atoms with E-state index in [0.717, 1.165) is 37.8 Å². The van der Waals surface area contributed by atoms with Gasteiger partial charge in [-0.15, -0.1) is 0 Å². The summed E-state index contributed by atoms with van der Waals surface area (Å²) in [6.07, 6.45) is 5.07. The first-order valence-electron chi connectivity index (χ1n) is 7.01. The van der Waals surface area contributed by atoms with E-state index >= 15 is 0 Å². The zero-order valence-electron chi connectivity index (χ0n) is 10.8. The molecule has 3 atom stereocenters. The number of aliphatic hydroxyl groups is 1. The smallest absolute Gasteiger partial charge is 0.137 e. The van der Waals surface area contributed by atoms with Crippen molar-refractivity contribution in [3.8, 4) is 0 Å². The molecule has 1 aliphatic carbocycles. The highest BCUT2D eigenvalue weighted by atomic mass is 79.9. The van der Waals surface area contributed by atoms with Gasteiger partial charge in [-0.25, -0.2) is 4.39 Å². The van der Waals surface area contributed by atoms with E-state index < -0.39 is 5.60 Å². The Labute approximate surface area is 121 Å². The van der Waals surface area contributed by atoms with Gasteiger partial charge >= 0.3 is 0 Å². The molecule has 0 bridgehead atoms. The summed E-state index contributed by atoms with van der Waals surface area (Å²) in [4.78, 5) is 0. The number of fused-ring (bicyclic) bond motifs is 1. The summed E-state index contributed by atoms with van der Waals surface area (Å²) in [5.74, 6) is 0.00539. The second-order valence-corrected chi connectivity index (χ2v) is 6.67. The third-order valence-corrected chi connectivity index (χ3v) is 5.30. The van der Waals surface area contributed by atoms with E-state index in [1.54, 1.807) is 0 Å². The number of nitrogens with one attached hydrogen (secondary N) is 1. The summed E-state index contributed by atoms with van der Waals surface area (Å²) in [6.45, 7) is 0.826. The number of hydrogen-bond acceptors (Lipinski definition) is 2. The molecule has 1 aliphatic heterocycles. The molecule has 1 aromatic carbocycles. The van der Waals surface area contributed by atoms with Crippen molar-refractivity contribution in [1.82, 2.24) is 5.32 Å². The van der Waals surface area contributed by atoms with Crippen LogP contribution < -0.4 is 5.32 Å². The van der Waals surface area contributed by atoms with E-state index in [9.17, 15) is 9.50 Å². The first-order chi connectivity index (χ1) is 9.10. The molecule has 104 valence electrons. The molecule has 0 amide bonds. The predicted molar refractivity (Wildman–Crippen MR) is 76.4 cm³/mol. The minimum atomic E-state index is -0.533. The Hall–Kier alpha value is -0.450. The van der Waals surface area contributed by atoms with Gasteiger partial charge in [-0.1, -0.05) is 18.9 Å². The van der Waals surface area contributed by atoms with E-state index in [4.69, 9.17) is 0 Å². The Bertz CT molecular complexity index is 477. The lowest BCUT2D eigenvalue weighted by atomic mass is 9.67. The molecule has 4 heteroatoms. The van der Waals surface area contributed by atoms with Gasteiger partial charge in [0.15, 0.2) is 0 Å². The van der Waals surface area contributed by atoms with Crippen LogP contribution in [0.15, 0.2) is 22.7 Å². The Morgan fingerprint density at radius 3 is 2.95 bits per heavy atom. The second kappa shape index (κ2) is 5.15. The number of halogens is 2. The summed E-state index contributed by atoms with van der Waals surface area (Å²) >= 11 is 3.25. The van der Waals surface area contributed by atoms with Crippen LogP contribution in [-0.4, -0.2) is 17.3 Å². The molecule has 19 heavy (non-hydrogen) atoms. The lowest BCUT2D eigenvalue weighted by Gasteiger charge is -2.48. The molecule has 0 radical (unpaired) electrons. The Morgan fingerprint density at radius 2 is 2.16 bits per heavy atom. The highest BCUT2D eigenvalue weighted by Gasteiger charge is 2.45. The van der Waals surface area contributed by atoms with Crippen LogP contribution in [-0.2, 0) is 0 Å². The van der Waals surface area contributed by atoms with Crippen molar-refractivity contribution in [3.05, 3.63) is 34.1 Å². The van der Waals surface area contributed by atoms with Crippen LogP contribution >= 0.6 is 15.9 Å². The zero-order valence-corrected chi connectivity index (χ0v) is 12.4. The molecule has 1 saturated carbocycles. The van der Waals surface area contributed by atoms with Gasteiger partial charge in [0.2, 0.25) is 0 Å². The monoisotopic (exact) mass is 327 g/mol. The molecule has 2 N–H and O–H groups in total. The summed E-state index contributed by atoms with van der Waals surface area (Å²) < 4.78 is 13.9. The van der Waals surface area contributed by atoms with Crippen molar-refractivity contribution in [3.63, 3.8) is 0 Å². The average molecular weight is 328 g/mol. The van der Waals surface area contributed by atoms with Gasteiger partial charge in [0.05, 0.1) is 10.1 Å². The Kier molecular flexibility index (Phi) is 3.67. The third kappa shape index (κ3) is 2.46. The van der Waals surface area contributed by atoms with Crippen LogP contribution in [0, 0.1) is 11.7 Å². The maximum atomic E-state index is 13.4. The fraction of sp³-hybridized carbons (Fsp3) is 0.600. The van der Waals surface area contributed by atoms with Gasteiger partial charge in [0.25, 0.3) is 0 Å². The summed E-state index contributed by atoms with van der Waals surface area (Å²) in [6, 6.07) is 5.30. The average Bonchev–Trinajstić information content (AvgIpc) is 2.40. The molecule has 3 unspecified atom stereocenters. The lowest BCUT2D eigenvalue weighted by molar-refractivity contribution is -0.0861. The minimum Gasteiger partial charge on any atom is -0.389 e. The highest BCUT2D eigenvalue weighted by molar-refractivity contribution is 9.10. The van der Waals surface area contributed by atoms with E-state index in [-0.39, 0.29) is 17.8 Å². The summed E-state index contributed by atoms with van der Waals surface area (Å²) in [7, 11) is 0. The fourth-order valence-corrected chi connectivity index (χ4v) is 4.08. The summed E-state index contributed by atoms with van der Waals surface area (Å²) in [5, 5.41) is 14.3. The fourth-order valence-electron chi connectivity index (χ4n) is 3.68. The Balaban J connectivity index is 1.92. The number of piperidine rings is 1. The normalized spacial score (nSPS) is 34.9. The van der Waals surface area contributed by atoms with Crippen molar-refractivity contribution in [1.29, 1.82) is 0 Å². The first-order valence-corrected chi connectivity index (χ1v) is 7.80. The van der Waals surface area contributed by atoms with Gasteiger partial charge in [-0.2, -0.15) is 0 Å². The maximum Gasteiger partial charge on any atom is 0.137 e. The molecule has 0 spiro atoms. The van der Waals surface area contributed by atoms with Gasteiger partial charge in [-0.3, -0.25) is 0 Å². The quantitative estimate of drug-likeness (QED) is 0.826. The molecule has 1 aromatic rings. The number of rotatable bonds is 1. The Morgan fingerprint density at radius 1 is 1.32 bits per heavy atom. The van der Waals surface area contributed by atoms with Crippen LogP contribution in [0.3, 0.4) is 0 Å². The first kappa shape index (κ1) is 13.5. The van der Waals surface area contributed by atoms with Crippen LogP contribution in [0.2, 0.25) is 0 Å². The number of hydrogen-bond donors (Lipinski definition) is 2. The second-order valence-electron chi connectivity index (χ2n) is 5.81. The van der Waals surface area contributed by atoms with E-state index in [1.165, 1.54) is 12.5 Å². The molecule has 2 nitrogen and oxygen atoms in total. The number of benzene rings is 1. The predicted octanol–water partition coefficient (Wildman–Crippen LogP) is 3.54. The van der Waals surface area contributed by atoms with Crippen molar-refractivity contribution in [2.45, 2.75) is 43.7 Å². The topological polar surface area (TPSA) is 32.3 Å². The zero-order chi connectivity index (χ0) is 13.5. The molecule has 0 aromatic heterocycles. The standard InChI is InChI=1S/C15H19BrFNO/c16-12-9-10(4-5-13(12)17)14-11-3-1-2-6-15(11,19)7-8-18-14/h4-5,9,11,14,18-19H,1-3,6-8H2. The van der Waals surface area contributed by atoms with Crippen LogP contribution in [0.4, 0.5) is 4.39 Å². The van der Waals surface area contributed by atoms with Crippen LogP contribution in [0.5, 0.6) is 0 Å². The van der Waals surface area contributed by atoms with E-state index in [2.05, 4.69) is 21.2 Å². The highest BCUT2D eigenvalue weighted by Crippen LogP contribution is 2.45. The van der Waals surface area contributed by atoms with Crippen molar-refractivity contribution in [2.75, 3.05) is 6.54 Å². The van der Waals surface area contributed by atoms with Crippen molar-refractivity contribution in [2.24, 2.45) is 5.92 Å². The minimum absolute atomic E-state index is 0.135. The van der Waals surface area contributed by atoms with Crippen LogP contribution in [0.25, 0.3) is 0 Å². The molecule has 2 aliphatic rings. The molecular formula is C15H19BrFNO. The maximum absolute atomic E-state index is 13.4. The SMILES string of the molecule is OC12CCCCC1C(c1ccc(F)c(Br)c1)NCC2. The molecule has 3 rings (SSSR count). The van der Waals surface area contributed by atoms with Crippen molar-refractivity contribution < 1.29 is 9.50 Å². The molecule has 1 saturated heterocycles. The molecular weight excluding hydrogens is 309 g/mol. The van der Waals surface area contributed by atoms with E-state index in [1.807, 2.05) is 12.1 Å². The molecule has 2 fully saturated rings.